The van der Waals surface area contributed by atoms with Crippen LogP contribution in [0.25, 0.3) is 0 Å². The van der Waals surface area contributed by atoms with Crippen molar-refractivity contribution in [2.24, 2.45) is 0 Å². The van der Waals surface area contributed by atoms with Gasteiger partial charge in [0.25, 0.3) is 0 Å². The lowest BCUT2D eigenvalue weighted by Crippen LogP contribution is -2.06. The monoisotopic (exact) mass is 300 g/mol. The summed E-state index contributed by atoms with van der Waals surface area (Å²) in [6.07, 6.45) is 1.02. The van der Waals surface area contributed by atoms with Crippen molar-refractivity contribution in [1.29, 1.82) is 0 Å². The van der Waals surface area contributed by atoms with E-state index in [9.17, 15) is 4.79 Å². The summed E-state index contributed by atoms with van der Waals surface area (Å²) in [6, 6.07) is 15.1. The first-order valence-corrected chi connectivity index (χ1v) is 7.13. The van der Waals surface area contributed by atoms with E-state index in [1.165, 1.54) is 0 Å². The topological polar surface area (TPSA) is 44.8 Å². The van der Waals surface area contributed by atoms with E-state index >= 15 is 0 Å². The number of rotatable bonds is 7. The zero-order chi connectivity index (χ0) is 15.8. The molecule has 0 saturated heterocycles. The van der Waals surface area contributed by atoms with Crippen LogP contribution in [-0.2, 0) is 22.6 Å². The van der Waals surface area contributed by atoms with Gasteiger partial charge in [0.05, 0.1) is 14.2 Å². The molecule has 0 atom stereocenters. The minimum absolute atomic E-state index is 0.202. The standard InChI is InChI=1S/C18H20O4/c1-20-16-8-3-14(4-9-16)7-12-18(19)22-13-15-5-10-17(21-2)11-6-15/h3-6,8-11H,7,12-13H2,1-2H3. The fourth-order valence-corrected chi connectivity index (χ4v) is 2.00. The van der Waals surface area contributed by atoms with Gasteiger partial charge in [0, 0.05) is 6.42 Å². The molecule has 116 valence electrons. The highest BCUT2D eigenvalue weighted by atomic mass is 16.5. The Morgan fingerprint density at radius 3 is 1.82 bits per heavy atom. The molecule has 0 aliphatic heterocycles. The number of carbonyl (C=O) groups excluding carboxylic acids is 1. The smallest absolute Gasteiger partial charge is 0.306 e. The highest BCUT2D eigenvalue weighted by molar-refractivity contribution is 5.69. The predicted octanol–water partition coefficient (Wildman–Crippen LogP) is 3.38. The van der Waals surface area contributed by atoms with E-state index in [-0.39, 0.29) is 12.6 Å². The molecule has 2 aromatic rings. The Morgan fingerprint density at radius 2 is 1.32 bits per heavy atom. The van der Waals surface area contributed by atoms with Crippen LogP contribution in [0, 0.1) is 0 Å². The Bertz CT molecular complexity index is 534. The average Bonchev–Trinajstić information content (AvgIpc) is 2.59. The molecule has 0 aromatic heterocycles. The van der Waals surface area contributed by atoms with Crippen LogP contribution in [0.15, 0.2) is 48.5 Å². The number of methoxy groups -OCH3 is 2. The molecule has 0 N–H and O–H groups in total. The maximum absolute atomic E-state index is 11.8. The van der Waals surface area contributed by atoms with Crippen molar-refractivity contribution in [1.82, 2.24) is 0 Å². The molecule has 0 amide bonds. The number of benzene rings is 2. The van der Waals surface area contributed by atoms with E-state index in [1.807, 2.05) is 48.5 Å². The molecule has 0 aliphatic rings. The van der Waals surface area contributed by atoms with Crippen LogP contribution in [0.3, 0.4) is 0 Å². The Kier molecular flexibility index (Phi) is 5.83. The fraction of sp³-hybridized carbons (Fsp3) is 0.278. The molecule has 0 radical (unpaired) electrons. The van der Waals surface area contributed by atoms with E-state index in [0.29, 0.717) is 12.8 Å². The molecule has 0 unspecified atom stereocenters. The lowest BCUT2D eigenvalue weighted by atomic mass is 10.1. The largest absolute Gasteiger partial charge is 0.497 e. The first-order valence-electron chi connectivity index (χ1n) is 7.13. The SMILES string of the molecule is COc1ccc(CCC(=O)OCc2ccc(OC)cc2)cc1. The van der Waals surface area contributed by atoms with Gasteiger partial charge in [0.2, 0.25) is 0 Å². The van der Waals surface area contributed by atoms with Gasteiger partial charge in [-0.05, 0) is 41.8 Å². The fourth-order valence-electron chi connectivity index (χ4n) is 2.00. The summed E-state index contributed by atoms with van der Waals surface area (Å²) in [5, 5.41) is 0. The Hall–Kier alpha value is -2.49. The lowest BCUT2D eigenvalue weighted by molar-refractivity contribution is -0.144. The number of ether oxygens (including phenoxy) is 3. The van der Waals surface area contributed by atoms with E-state index in [2.05, 4.69) is 0 Å². The van der Waals surface area contributed by atoms with E-state index in [0.717, 1.165) is 22.6 Å². The van der Waals surface area contributed by atoms with Crippen molar-refractivity contribution in [2.75, 3.05) is 14.2 Å². The second-order valence-corrected chi connectivity index (χ2v) is 4.86. The summed E-state index contributed by atoms with van der Waals surface area (Å²) in [4.78, 5) is 11.8. The molecule has 2 rings (SSSR count). The summed E-state index contributed by atoms with van der Waals surface area (Å²) in [7, 11) is 3.25. The van der Waals surface area contributed by atoms with Gasteiger partial charge >= 0.3 is 5.97 Å². The molecule has 0 fully saturated rings. The molecule has 2 aromatic carbocycles. The van der Waals surface area contributed by atoms with Crippen molar-refractivity contribution in [3.63, 3.8) is 0 Å². The van der Waals surface area contributed by atoms with Gasteiger partial charge in [-0.15, -0.1) is 0 Å². The number of hydrogen-bond acceptors (Lipinski definition) is 4. The summed E-state index contributed by atoms with van der Waals surface area (Å²) in [6.45, 7) is 0.283. The van der Waals surface area contributed by atoms with Gasteiger partial charge in [0.1, 0.15) is 18.1 Å². The lowest BCUT2D eigenvalue weighted by Gasteiger charge is -2.06. The van der Waals surface area contributed by atoms with Gasteiger partial charge in [-0.3, -0.25) is 4.79 Å². The zero-order valence-corrected chi connectivity index (χ0v) is 12.9. The highest BCUT2D eigenvalue weighted by Gasteiger charge is 2.05. The molecule has 0 heterocycles. The van der Waals surface area contributed by atoms with Crippen molar-refractivity contribution >= 4 is 5.97 Å². The number of aryl methyl sites for hydroxylation is 1. The Labute approximate surface area is 130 Å². The molecule has 22 heavy (non-hydrogen) atoms. The van der Waals surface area contributed by atoms with Crippen molar-refractivity contribution < 1.29 is 19.0 Å². The minimum Gasteiger partial charge on any atom is -0.497 e. The van der Waals surface area contributed by atoms with Crippen LogP contribution >= 0.6 is 0 Å². The molecule has 4 heteroatoms. The maximum atomic E-state index is 11.8. The molecule has 0 spiro atoms. The molecule has 0 aliphatic carbocycles. The van der Waals surface area contributed by atoms with E-state index in [4.69, 9.17) is 14.2 Å². The maximum Gasteiger partial charge on any atom is 0.306 e. The zero-order valence-electron chi connectivity index (χ0n) is 12.9. The number of esters is 1. The third-order valence-electron chi connectivity index (χ3n) is 3.34. The van der Waals surface area contributed by atoms with Gasteiger partial charge in [-0.2, -0.15) is 0 Å². The Morgan fingerprint density at radius 1 is 0.818 bits per heavy atom. The highest BCUT2D eigenvalue weighted by Crippen LogP contribution is 2.14. The van der Waals surface area contributed by atoms with Crippen LogP contribution in [0.5, 0.6) is 11.5 Å². The normalized spacial score (nSPS) is 10.1. The second-order valence-electron chi connectivity index (χ2n) is 4.86. The molecule has 0 saturated carbocycles. The number of hydrogen-bond donors (Lipinski definition) is 0. The summed E-state index contributed by atoms with van der Waals surface area (Å²) < 4.78 is 15.4. The molecular weight excluding hydrogens is 280 g/mol. The first-order chi connectivity index (χ1) is 10.7. The molecule has 4 nitrogen and oxygen atoms in total. The van der Waals surface area contributed by atoms with Gasteiger partial charge in [-0.25, -0.2) is 0 Å². The summed E-state index contributed by atoms with van der Waals surface area (Å²) in [5.41, 5.74) is 2.03. The molecule has 0 bridgehead atoms. The van der Waals surface area contributed by atoms with Crippen LogP contribution in [-0.4, -0.2) is 20.2 Å². The van der Waals surface area contributed by atoms with Crippen LogP contribution < -0.4 is 9.47 Å². The quantitative estimate of drug-likeness (QED) is 0.735. The van der Waals surface area contributed by atoms with Crippen molar-refractivity contribution in [2.45, 2.75) is 19.4 Å². The third-order valence-corrected chi connectivity index (χ3v) is 3.34. The van der Waals surface area contributed by atoms with Gasteiger partial charge in [0.15, 0.2) is 0 Å². The molecular formula is C18H20O4. The summed E-state index contributed by atoms with van der Waals surface area (Å²) >= 11 is 0. The van der Waals surface area contributed by atoms with E-state index in [1.54, 1.807) is 14.2 Å². The van der Waals surface area contributed by atoms with Crippen molar-refractivity contribution in [3.05, 3.63) is 59.7 Å². The van der Waals surface area contributed by atoms with E-state index < -0.39 is 0 Å². The van der Waals surface area contributed by atoms with Crippen LogP contribution in [0.1, 0.15) is 17.5 Å². The minimum atomic E-state index is -0.202. The Balaban J connectivity index is 1.74. The van der Waals surface area contributed by atoms with Gasteiger partial charge in [-0.1, -0.05) is 24.3 Å². The van der Waals surface area contributed by atoms with Crippen LogP contribution in [0.4, 0.5) is 0 Å². The second kappa shape index (κ2) is 8.08. The summed E-state index contributed by atoms with van der Waals surface area (Å²) in [5.74, 6) is 1.40. The van der Waals surface area contributed by atoms with Crippen molar-refractivity contribution in [3.8, 4) is 11.5 Å². The predicted molar refractivity (Wildman–Crippen MR) is 84.1 cm³/mol. The first kappa shape index (κ1) is 15.9. The van der Waals surface area contributed by atoms with Crippen LogP contribution in [0.2, 0.25) is 0 Å². The average molecular weight is 300 g/mol. The van der Waals surface area contributed by atoms with Gasteiger partial charge < -0.3 is 14.2 Å². The third kappa shape index (κ3) is 4.81. The number of carbonyl (C=O) groups is 1.